The van der Waals surface area contributed by atoms with Crippen molar-refractivity contribution >= 4 is 0 Å². The van der Waals surface area contributed by atoms with Crippen molar-refractivity contribution in [3.05, 3.63) is 0 Å². The fourth-order valence-corrected chi connectivity index (χ4v) is 9.50. The first-order valence-electron chi connectivity index (χ1n) is 12.1. The Morgan fingerprint density at radius 3 is 2.29 bits per heavy atom. The van der Waals surface area contributed by atoms with Gasteiger partial charge in [-0.2, -0.15) is 0 Å². The van der Waals surface area contributed by atoms with Gasteiger partial charge in [-0.05, 0) is 73.5 Å². The average molecular weight is 391 g/mol. The summed E-state index contributed by atoms with van der Waals surface area (Å²) in [5.41, 5.74) is 0.441. The Labute approximate surface area is 170 Å². The summed E-state index contributed by atoms with van der Waals surface area (Å²) >= 11 is 0. The van der Waals surface area contributed by atoms with Crippen LogP contribution in [0.4, 0.5) is 0 Å². The zero-order valence-corrected chi connectivity index (χ0v) is 17.8. The zero-order chi connectivity index (χ0) is 19.0. The molecule has 1 spiro atoms. The molecule has 0 radical (unpaired) electrons. The van der Waals surface area contributed by atoms with E-state index in [1.54, 1.807) is 0 Å². The van der Waals surface area contributed by atoms with Crippen LogP contribution in [-0.2, 0) is 18.9 Å². The molecule has 6 rings (SSSR count). The lowest BCUT2D eigenvalue weighted by atomic mass is 9.43. The highest BCUT2D eigenvalue weighted by Crippen LogP contribution is 2.71. The lowest BCUT2D eigenvalue weighted by Crippen LogP contribution is -2.63. The Morgan fingerprint density at radius 2 is 1.50 bits per heavy atom. The number of hydrogen-bond donors (Lipinski definition) is 0. The van der Waals surface area contributed by atoms with Gasteiger partial charge in [0, 0.05) is 6.42 Å². The van der Waals surface area contributed by atoms with Crippen LogP contribution >= 0.6 is 0 Å². The second kappa shape index (κ2) is 6.42. The lowest BCUT2D eigenvalue weighted by molar-refractivity contribution is -0.320. The first-order chi connectivity index (χ1) is 13.6. The summed E-state index contributed by atoms with van der Waals surface area (Å²) in [5.74, 6) is 3.58. The van der Waals surface area contributed by atoms with Gasteiger partial charge < -0.3 is 18.9 Å². The van der Waals surface area contributed by atoms with Crippen LogP contribution < -0.4 is 0 Å². The van der Waals surface area contributed by atoms with Gasteiger partial charge in [0.1, 0.15) is 0 Å². The van der Waals surface area contributed by atoms with Crippen molar-refractivity contribution in [3.8, 4) is 0 Å². The van der Waals surface area contributed by atoms with E-state index in [9.17, 15) is 0 Å². The van der Waals surface area contributed by atoms with E-state index in [1.165, 1.54) is 44.9 Å². The molecule has 158 valence electrons. The van der Waals surface area contributed by atoms with Crippen LogP contribution in [0.3, 0.4) is 0 Å². The van der Waals surface area contributed by atoms with Gasteiger partial charge in [0.25, 0.3) is 0 Å². The Morgan fingerprint density at radius 1 is 0.750 bits per heavy atom. The molecule has 28 heavy (non-hydrogen) atoms. The third kappa shape index (κ3) is 2.22. The van der Waals surface area contributed by atoms with E-state index in [0.717, 1.165) is 36.5 Å². The smallest absolute Gasteiger partial charge is 0.179 e. The maximum atomic E-state index is 6.54. The third-order valence-electron chi connectivity index (χ3n) is 10.4. The minimum absolute atomic E-state index is 0.0985. The van der Waals surface area contributed by atoms with Gasteiger partial charge in [-0.1, -0.05) is 26.7 Å². The Bertz CT molecular complexity index is 610. The molecule has 7 atom stereocenters. The Hall–Kier alpha value is -0.160. The Balaban J connectivity index is 1.42. The topological polar surface area (TPSA) is 36.9 Å². The van der Waals surface area contributed by atoms with Gasteiger partial charge in [0.2, 0.25) is 0 Å². The van der Waals surface area contributed by atoms with Crippen molar-refractivity contribution < 1.29 is 18.9 Å². The summed E-state index contributed by atoms with van der Waals surface area (Å²) in [5, 5.41) is 0. The highest BCUT2D eigenvalue weighted by Gasteiger charge is 2.73. The maximum absolute atomic E-state index is 6.54. The van der Waals surface area contributed by atoms with Crippen LogP contribution in [-0.4, -0.2) is 38.5 Å². The van der Waals surface area contributed by atoms with Gasteiger partial charge in [0.15, 0.2) is 12.1 Å². The summed E-state index contributed by atoms with van der Waals surface area (Å²) in [4.78, 5) is 0. The molecule has 0 N–H and O–H groups in total. The molecule has 0 aromatic carbocycles. The second-order valence-electron chi connectivity index (χ2n) is 11.1. The molecule has 4 nitrogen and oxygen atoms in total. The predicted molar refractivity (Wildman–Crippen MR) is 106 cm³/mol. The normalized spacial score (nSPS) is 58.5. The van der Waals surface area contributed by atoms with Gasteiger partial charge in [-0.3, -0.25) is 0 Å². The molecule has 2 saturated heterocycles. The summed E-state index contributed by atoms with van der Waals surface area (Å²) < 4.78 is 25.7. The molecule has 0 amide bonds. The van der Waals surface area contributed by atoms with Crippen LogP contribution in [0.2, 0.25) is 0 Å². The quantitative estimate of drug-likeness (QED) is 0.597. The van der Waals surface area contributed by atoms with E-state index in [1.807, 2.05) is 0 Å². The average Bonchev–Trinajstić information content (AvgIpc) is 2.86. The fourth-order valence-electron chi connectivity index (χ4n) is 9.50. The Kier molecular flexibility index (Phi) is 4.26. The molecule has 2 heterocycles. The van der Waals surface area contributed by atoms with Crippen LogP contribution in [0.5, 0.6) is 0 Å². The van der Waals surface area contributed by atoms with E-state index in [4.69, 9.17) is 18.9 Å². The van der Waals surface area contributed by atoms with Crippen molar-refractivity contribution in [3.63, 3.8) is 0 Å². The molecule has 4 heteroatoms. The van der Waals surface area contributed by atoms with Crippen LogP contribution in [0.15, 0.2) is 0 Å². The molecule has 2 aliphatic heterocycles. The van der Waals surface area contributed by atoms with E-state index in [0.29, 0.717) is 37.8 Å². The summed E-state index contributed by atoms with van der Waals surface area (Å²) in [6.45, 7) is 7.75. The summed E-state index contributed by atoms with van der Waals surface area (Å²) in [6, 6.07) is 0. The van der Waals surface area contributed by atoms with Gasteiger partial charge in [-0.15, -0.1) is 0 Å². The molecular formula is C24H38O4. The molecule has 0 aromatic rings. The number of ether oxygens (including phenoxy) is 4. The van der Waals surface area contributed by atoms with Crippen LogP contribution in [0, 0.1) is 40.4 Å². The molecule has 2 bridgehead atoms. The van der Waals surface area contributed by atoms with E-state index < -0.39 is 5.79 Å². The summed E-state index contributed by atoms with van der Waals surface area (Å²) in [7, 11) is 0. The highest BCUT2D eigenvalue weighted by molar-refractivity contribution is 5.16. The van der Waals surface area contributed by atoms with Crippen LogP contribution in [0.25, 0.3) is 0 Å². The molecule has 6 fully saturated rings. The predicted octanol–water partition coefficient (Wildman–Crippen LogP) is 4.76. The molecule has 4 aliphatic carbocycles. The molecular weight excluding hydrogens is 352 g/mol. The first kappa shape index (κ1) is 18.6. The number of hydrogen-bond acceptors (Lipinski definition) is 4. The SMILES string of the molecule is C[C@H]1C[C@@H]2[C@H](CC[C@]34C5OCCOC3(CC[C@@H]24)OCCO5)[C@@]2(C)CCCCC12. The fraction of sp³-hybridized carbons (Fsp3) is 1.00. The van der Waals surface area contributed by atoms with Crippen molar-refractivity contribution in [1.29, 1.82) is 0 Å². The molecule has 0 aromatic heterocycles. The van der Waals surface area contributed by atoms with Crippen molar-refractivity contribution in [2.24, 2.45) is 40.4 Å². The van der Waals surface area contributed by atoms with E-state index in [2.05, 4.69) is 13.8 Å². The number of rotatable bonds is 0. The van der Waals surface area contributed by atoms with Gasteiger partial charge in [0.05, 0.1) is 31.8 Å². The largest absolute Gasteiger partial charge is 0.349 e. The van der Waals surface area contributed by atoms with Crippen LogP contribution in [0.1, 0.15) is 71.6 Å². The lowest BCUT2D eigenvalue weighted by Gasteiger charge is -2.63. The van der Waals surface area contributed by atoms with Crippen molar-refractivity contribution in [1.82, 2.24) is 0 Å². The standard InChI is InChI=1S/C24H38O4/c1-16-15-17-19(22(2)8-4-3-5-18(16)22)6-9-23-20(17)7-10-24(23)27-13-11-25-21(23)26-12-14-28-24/h16-21H,3-15H2,1-2H3/t16-,17+,18?,19-,20-,21?,22-,23-,24?/m0/s1. The van der Waals surface area contributed by atoms with Crippen molar-refractivity contribution in [2.45, 2.75) is 83.7 Å². The van der Waals surface area contributed by atoms with Gasteiger partial charge >= 0.3 is 0 Å². The van der Waals surface area contributed by atoms with Gasteiger partial charge in [-0.25, -0.2) is 0 Å². The minimum atomic E-state index is -0.464. The summed E-state index contributed by atoms with van der Waals surface area (Å²) in [6.07, 6.45) is 11.7. The van der Waals surface area contributed by atoms with E-state index >= 15 is 0 Å². The molecule has 1 unspecified atom stereocenters. The van der Waals surface area contributed by atoms with E-state index in [-0.39, 0.29) is 11.7 Å². The monoisotopic (exact) mass is 390 g/mol. The third-order valence-corrected chi connectivity index (χ3v) is 10.4. The molecule has 4 saturated carbocycles. The van der Waals surface area contributed by atoms with Crippen molar-refractivity contribution in [2.75, 3.05) is 26.4 Å². The minimum Gasteiger partial charge on any atom is -0.349 e. The first-order valence-corrected chi connectivity index (χ1v) is 12.1. The zero-order valence-electron chi connectivity index (χ0n) is 17.8. The molecule has 6 aliphatic rings. The second-order valence-corrected chi connectivity index (χ2v) is 11.1. The number of fused-ring (bicyclic) bond motifs is 4. The maximum Gasteiger partial charge on any atom is 0.179 e. The highest BCUT2D eigenvalue weighted by atomic mass is 16.8.